The van der Waals surface area contributed by atoms with Gasteiger partial charge in [0, 0.05) is 18.2 Å². The number of fused-ring (bicyclic) bond motifs is 1. The summed E-state index contributed by atoms with van der Waals surface area (Å²) >= 11 is 0. The van der Waals surface area contributed by atoms with Crippen LogP contribution < -0.4 is 10.1 Å². The van der Waals surface area contributed by atoms with E-state index >= 15 is 0 Å². The summed E-state index contributed by atoms with van der Waals surface area (Å²) in [7, 11) is 0. The van der Waals surface area contributed by atoms with Gasteiger partial charge in [0.1, 0.15) is 5.75 Å². The molecule has 2 nitrogen and oxygen atoms in total. The highest BCUT2D eigenvalue weighted by atomic mass is 35.5. The number of benzene rings is 2. The molecule has 1 aliphatic rings. The van der Waals surface area contributed by atoms with Gasteiger partial charge in [0.15, 0.2) is 0 Å². The van der Waals surface area contributed by atoms with Gasteiger partial charge in [0.2, 0.25) is 0 Å². The van der Waals surface area contributed by atoms with Crippen molar-refractivity contribution in [2.24, 2.45) is 0 Å². The molecule has 1 N–H and O–H groups in total. The molecular formula is C18H24ClNO. The van der Waals surface area contributed by atoms with Crippen LogP contribution in [-0.4, -0.2) is 12.6 Å². The number of hydrogen-bond donors (Lipinski definition) is 1. The molecule has 1 aliphatic carbocycles. The Kier molecular flexibility index (Phi) is 5.89. The Morgan fingerprint density at radius 1 is 1.10 bits per heavy atom. The lowest BCUT2D eigenvalue weighted by Gasteiger charge is -2.17. The van der Waals surface area contributed by atoms with Crippen LogP contribution in [0.1, 0.15) is 38.2 Å². The molecule has 0 radical (unpaired) electrons. The van der Waals surface area contributed by atoms with Crippen molar-refractivity contribution in [3.8, 4) is 5.75 Å². The predicted molar refractivity (Wildman–Crippen MR) is 91.5 cm³/mol. The normalized spacial score (nSPS) is 15.1. The lowest BCUT2D eigenvalue weighted by Crippen LogP contribution is -2.25. The Bertz CT molecular complexity index is 578. The van der Waals surface area contributed by atoms with Crippen LogP contribution in [0, 0.1) is 0 Å². The van der Waals surface area contributed by atoms with Gasteiger partial charge in [-0.1, -0.05) is 43.2 Å². The molecule has 1 fully saturated rings. The number of halogens is 1. The minimum absolute atomic E-state index is 0. The molecular weight excluding hydrogens is 282 g/mol. The first-order valence-electron chi connectivity index (χ1n) is 7.75. The summed E-state index contributed by atoms with van der Waals surface area (Å²) in [6.07, 6.45) is 5.36. The molecule has 0 aromatic heterocycles. The van der Waals surface area contributed by atoms with E-state index in [1.807, 2.05) is 6.92 Å². The van der Waals surface area contributed by atoms with Crippen LogP contribution in [-0.2, 0) is 6.54 Å². The van der Waals surface area contributed by atoms with Gasteiger partial charge in [0.05, 0.1) is 6.61 Å². The van der Waals surface area contributed by atoms with Gasteiger partial charge in [0.25, 0.3) is 0 Å². The highest BCUT2D eigenvalue weighted by Crippen LogP contribution is 2.29. The van der Waals surface area contributed by atoms with Gasteiger partial charge < -0.3 is 10.1 Å². The van der Waals surface area contributed by atoms with Gasteiger partial charge in [-0.25, -0.2) is 0 Å². The lowest BCUT2D eigenvalue weighted by molar-refractivity contribution is 0.335. The first kappa shape index (κ1) is 16.1. The third-order valence-electron chi connectivity index (χ3n) is 4.22. The molecule has 0 saturated heterocycles. The quantitative estimate of drug-likeness (QED) is 0.865. The SMILES string of the molecule is CCOc1ccc2ccccc2c1CNC1CCCC1.Cl. The average Bonchev–Trinajstić information content (AvgIpc) is 2.99. The van der Waals surface area contributed by atoms with Crippen molar-refractivity contribution in [2.75, 3.05) is 6.61 Å². The largest absolute Gasteiger partial charge is 0.494 e. The molecule has 0 aliphatic heterocycles. The zero-order valence-electron chi connectivity index (χ0n) is 12.6. The van der Waals surface area contributed by atoms with Crippen LogP contribution in [0.15, 0.2) is 36.4 Å². The molecule has 2 aromatic carbocycles. The fourth-order valence-electron chi connectivity index (χ4n) is 3.17. The van der Waals surface area contributed by atoms with Crippen LogP contribution in [0.3, 0.4) is 0 Å². The highest BCUT2D eigenvalue weighted by molar-refractivity contribution is 5.87. The number of hydrogen-bond acceptors (Lipinski definition) is 2. The van der Waals surface area contributed by atoms with E-state index in [-0.39, 0.29) is 12.4 Å². The molecule has 21 heavy (non-hydrogen) atoms. The molecule has 3 rings (SSSR count). The Labute approximate surface area is 133 Å². The van der Waals surface area contributed by atoms with Crippen LogP contribution in [0.2, 0.25) is 0 Å². The topological polar surface area (TPSA) is 21.3 Å². The number of rotatable bonds is 5. The molecule has 114 valence electrons. The molecule has 0 atom stereocenters. The number of ether oxygens (including phenoxy) is 1. The van der Waals surface area contributed by atoms with Crippen LogP contribution in [0.25, 0.3) is 10.8 Å². The van der Waals surface area contributed by atoms with E-state index in [0.29, 0.717) is 6.04 Å². The van der Waals surface area contributed by atoms with Crippen molar-refractivity contribution >= 4 is 23.2 Å². The van der Waals surface area contributed by atoms with E-state index in [1.165, 1.54) is 42.0 Å². The summed E-state index contributed by atoms with van der Waals surface area (Å²) in [5.74, 6) is 1.02. The predicted octanol–water partition coefficient (Wildman–Crippen LogP) is 4.69. The van der Waals surface area contributed by atoms with Gasteiger partial charge in [-0.3, -0.25) is 0 Å². The standard InChI is InChI=1S/C18H23NO.ClH/c1-2-20-18-12-11-14-7-3-6-10-16(14)17(18)13-19-15-8-4-5-9-15;/h3,6-7,10-12,15,19H,2,4-5,8-9,13H2,1H3;1H. The van der Waals surface area contributed by atoms with E-state index in [1.54, 1.807) is 0 Å². The van der Waals surface area contributed by atoms with E-state index in [4.69, 9.17) is 4.74 Å². The van der Waals surface area contributed by atoms with Gasteiger partial charge in [-0.2, -0.15) is 0 Å². The fourth-order valence-corrected chi connectivity index (χ4v) is 3.17. The summed E-state index contributed by atoms with van der Waals surface area (Å²) in [4.78, 5) is 0. The second-order valence-electron chi connectivity index (χ2n) is 5.56. The molecule has 0 unspecified atom stereocenters. The van der Waals surface area contributed by atoms with Crippen molar-refractivity contribution in [3.63, 3.8) is 0 Å². The second-order valence-corrected chi connectivity index (χ2v) is 5.56. The van der Waals surface area contributed by atoms with E-state index in [2.05, 4.69) is 41.7 Å². The smallest absolute Gasteiger partial charge is 0.124 e. The van der Waals surface area contributed by atoms with Gasteiger partial charge in [-0.05, 0) is 36.6 Å². The first-order valence-corrected chi connectivity index (χ1v) is 7.75. The third kappa shape index (κ3) is 3.69. The van der Waals surface area contributed by atoms with Crippen molar-refractivity contribution in [1.82, 2.24) is 5.32 Å². The van der Waals surface area contributed by atoms with Crippen molar-refractivity contribution < 1.29 is 4.74 Å². The minimum atomic E-state index is 0. The monoisotopic (exact) mass is 305 g/mol. The molecule has 3 heteroatoms. The summed E-state index contributed by atoms with van der Waals surface area (Å²) in [6, 6.07) is 13.5. The van der Waals surface area contributed by atoms with Crippen molar-refractivity contribution in [3.05, 3.63) is 42.0 Å². The summed E-state index contributed by atoms with van der Waals surface area (Å²) in [5, 5.41) is 6.31. The zero-order valence-corrected chi connectivity index (χ0v) is 13.4. The first-order chi connectivity index (χ1) is 9.88. The van der Waals surface area contributed by atoms with E-state index < -0.39 is 0 Å². The Morgan fingerprint density at radius 2 is 1.86 bits per heavy atom. The van der Waals surface area contributed by atoms with E-state index in [0.717, 1.165) is 18.9 Å². The molecule has 2 aromatic rings. The van der Waals surface area contributed by atoms with Crippen LogP contribution >= 0.6 is 12.4 Å². The maximum atomic E-state index is 5.82. The molecule has 0 heterocycles. The second kappa shape index (κ2) is 7.67. The Hall–Kier alpha value is -1.25. The minimum Gasteiger partial charge on any atom is -0.494 e. The summed E-state index contributed by atoms with van der Waals surface area (Å²) in [6.45, 7) is 3.67. The Morgan fingerprint density at radius 3 is 2.62 bits per heavy atom. The zero-order chi connectivity index (χ0) is 13.8. The molecule has 0 amide bonds. The van der Waals surface area contributed by atoms with Crippen molar-refractivity contribution in [1.29, 1.82) is 0 Å². The van der Waals surface area contributed by atoms with Crippen LogP contribution in [0.4, 0.5) is 0 Å². The molecule has 0 spiro atoms. The number of nitrogens with one attached hydrogen (secondary N) is 1. The summed E-state index contributed by atoms with van der Waals surface area (Å²) < 4.78 is 5.82. The van der Waals surface area contributed by atoms with Crippen LogP contribution in [0.5, 0.6) is 5.75 Å². The third-order valence-corrected chi connectivity index (χ3v) is 4.22. The molecule has 1 saturated carbocycles. The van der Waals surface area contributed by atoms with Gasteiger partial charge >= 0.3 is 0 Å². The maximum absolute atomic E-state index is 5.82. The highest BCUT2D eigenvalue weighted by Gasteiger charge is 2.16. The van der Waals surface area contributed by atoms with E-state index in [9.17, 15) is 0 Å². The molecule has 0 bridgehead atoms. The average molecular weight is 306 g/mol. The Balaban J connectivity index is 0.00000161. The fraction of sp³-hybridized carbons (Fsp3) is 0.444. The summed E-state index contributed by atoms with van der Waals surface area (Å²) in [5.41, 5.74) is 1.30. The lowest BCUT2D eigenvalue weighted by atomic mass is 10.0. The maximum Gasteiger partial charge on any atom is 0.124 e. The van der Waals surface area contributed by atoms with Crippen molar-refractivity contribution in [2.45, 2.75) is 45.2 Å². The van der Waals surface area contributed by atoms with Gasteiger partial charge in [-0.15, -0.1) is 12.4 Å².